The minimum Gasteiger partial charge on any atom is -0.350 e. The highest BCUT2D eigenvalue weighted by Crippen LogP contribution is 2.44. The third-order valence-electron chi connectivity index (χ3n) is 5.24. The van der Waals surface area contributed by atoms with Crippen molar-refractivity contribution in [1.29, 1.82) is 0 Å². The molecule has 2 heterocycles. The number of aryl methyl sites for hydroxylation is 1. The molecule has 4 rings (SSSR count). The molecule has 0 radical (unpaired) electrons. The van der Waals surface area contributed by atoms with E-state index in [0.29, 0.717) is 6.04 Å². The lowest BCUT2D eigenvalue weighted by Crippen LogP contribution is -2.47. The zero-order chi connectivity index (χ0) is 13.1. The normalized spacial score (nSPS) is 30.6. The summed E-state index contributed by atoms with van der Waals surface area (Å²) in [5.74, 6) is 1.54. The SMILES string of the molecule is CC1CC2c3cccc4c3c(cn4C)CC2N(C)C1. The van der Waals surface area contributed by atoms with Crippen LogP contribution in [0.1, 0.15) is 30.4 Å². The van der Waals surface area contributed by atoms with E-state index in [9.17, 15) is 0 Å². The van der Waals surface area contributed by atoms with Gasteiger partial charge in [-0.05, 0) is 43.0 Å². The fourth-order valence-corrected chi connectivity index (χ4v) is 4.49. The summed E-state index contributed by atoms with van der Waals surface area (Å²) in [6, 6.07) is 7.58. The van der Waals surface area contributed by atoms with Crippen molar-refractivity contribution < 1.29 is 0 Å². The van der Waals surface area contributed by atoms with E-state index < -0.39 is 0 Å². The Morgan fingerprint density at radius 2 is 2.05 bits per heavy atom. The Hall–Kier alpha value is -1.28. The molecule has 1 fully saturated rings. The Kier molecular flexibility index (Phi) is 2.34. The van der Waals surface area contributed by atoms with Gasteiger partial charge >= 0.3 is 0 Å². The summed E-state index contributed by atoms with van der Waals surface area (Å²) >= 11 is 0. The van der Waals surface area contributed by atoms with Crippen LogP contribution >= 0.6 is 0 Å². The Balaban J connectivity index is 1.94. The molecule has 3 atom stereocenters. The average molecular weight is 254 g/mol. The van der Waals surface area contributed by atoms with Crippen LogP contribution in [0.4, 0.5) is 0 Å². The first-order valence-corrected chi connectivity index (χ1v) is 7.42. The van der Waals surface area contributed by atoms with E-state index in [0.717, 1.165) is 11.8 Å². The van der Waals surface area contributed by atoms with Crippen LogP contribution in [0.3, 0.4) is 0 Å². The quantitative estimate of drug-likeness (QED) is 0.701. The molecule has 0 bridgehead atoms. The van der Waals surface area contributed by atoms with Gasteiger partial charge in [0.2, 0.25) is 0 Å². The summed E-state index contributed by atoms with van der Waals surface area (Å²) in [5.41, 5.74) is 4.56. The van der Waals surface area contributed by atoms with Gasteiger partial charge in [-0.3, -0.25) is 0 Å². The Labute approximate surface area is 115 Å². The third-order valence-corrected chi connectivity index (χ3v) is 5.24. The molecule has 1 saturated heterocycles. The number of likely N-dealkylation sites (N-methyl/N-ethyl adjacent to an activating group) is 1. The minimum atomic E-state index is 0.705. The lowest BCUT2D eigenvalue weighted by Gasteiger charge is -2.44. The van der Waals surface area contributed by atoms with Crippen LogP contribution in [0.5, 0.6) is 0 Å². The predicted octanol–water partition coefficient (Wildman–Crippen LogP) is 3.16. The first-order chi connectivity index (χ1) is 9.15. The molecule has 1 aliphatic carbocycles. The molecule has 2 aromatic rings. The van der Waals surface area contributed by atoms with Crippen LogP contribution in [0.25, 0.3) is 10.9 Å². The summed E-state index contributed by atoms with van der Waals surface area (Å²) in [6.45, 7) is 3.65. The summed E-state index contributed by atoms with van der Waals surface area (Å²) in [5, 5.41) is 1.55. The maximum atomic E-state index is 2.59. The van der Waals surface area contributed by atoms with Crippen LogP contribution in [-0.2, 0) is 13.5 Å². The predicted molar refractivity (Wildman–Crippen MR) is 79.6 cm³/mol. The van der Waals surface area contributed by atoms with E-state index in [-0.39, 0.29) is 0 Å². The second-order valence-corrected chi connectivity index (χ2v) is 6.67. The zero-order valence-electron chi connectivity index (χ0n) is 12.1. The average Bonchev–Trinajstić information content (AvgIpc) is 2.70. The van der Waals surface area contributed by atoms with Crippen molar-refractivity contribution in [3.8, 4) is 0 Å². The van der Waals surface area contributed by atoms with Crippen LogP contribution in [-0.4, -0.2) is 29.1 Å². The molecule has 0 spiro atoms. The van der Waals surface area contributed by atoms with Crippen LogP contribution < -0.4 is 0 Å². The first kappa shape index (κ1) is 11.5. The molecule has 2 aliphatic rings. The molecule has 2 heteroatoms. The largest absolute Gasteiger partial charge is 0.350 e. The maximum Gasteiger partial charge on any atom is 0.0483 e. The van der Waals surface area contributed by atoms with Gasteiger partial charge in [0.25, 0.3) is 0 Å². The van der Waals surface area contributed by atoms with Crippen molar-refractivity contribution >= 4 is 10.9 Å². The number of rotatable bonds is 0. The van der Waals surface area contributed by atoms with Gasteiger partial charge < -0.3 is 9.47 Å². The van der Waals surface area contributed by atoms with Gasteiger partial charge in [-0.15, -0.1) is 0 Å². The molecular formula is C17H22N2. The van der Waals surface area contributed by atoms with Crippen molar-refractivity contribution in [3.63, 3.8) is 0 Å². The van der Waals surface area contributed by atoms with Gasteiger partial charge in [-0.1, -0.05) is 19.1 Å². The number of nitrogens with zero attached hydrogens (tertiary/aromatic N) is 2. The highest BCUT2D eigenvalue weighted by molar-refractivity contribution is 5.89. The number of aromatic nitrogens is 1. The molecule has 1 aliphatic heterocycles. The van der Waals surface area contributed by atoms with Gasteiger partial charge in [-0.2, -0.15) is 0 Å². The van der Waals surface area contributed by atoms with E-state index in [1.165, 1.54) is 24.9 Å². The molecule has 1 aromatic heterocycles. The number of benzene rings is 1. The lowest BCUT2D eigenvalue weighted by atomic mass is 9.73. The van der Waals surface area contributed by atoms with Crippen LogP contribution in [0.15, 0.2) is 24.4 Å². The topological polar surface area (TPSA) is 8.17 Å². The monoisotopic (exact) mass is 254 g/mol. The Morgan fingerprint density at radius 1 is 1.21 bits per heavy atom. The number of fused-ring (bicyclic) bond motifs is 2. The number of likely N-dealkylation sites (tertiary alicyclic amines) is 1. The van der Waals surface area contributed by atoms with Gasteiger partial charge in [0.05, 0.1) is 0 Å². The fourth-order valence-electron chi connectivity index (χ4n) is 4.49. The molecule has 0 amide bonds. The van der Waals surface area contributed by atoms with E-state index in [1.807, 2.05) is 0 Å². The van der Waals surface area contributed by atoms with Crippen LogP contribution in [0.2, 0.25) is 0 Å². The fraction of sp³-hybridized carbons (Fsp3) is 0.529. The lowest BCUT2D eigenvalue weighted by molar-refractivity contribution is 0.119. The molecule has 19 heavy (non-hydrogen) atoms. The maximum absolute atomic E-state index is 2.59. The van der Waals surface area contributed by atoms with Crippen molar-refractivity contribution in [2.75, 3.05) is 13.6 Å². The van der Waals surface area contributed by atoms with Gasteiger partial charge in [0.1, 0.15) is 0 Å². The molecule has 3 unspecified atom stereocenters. The standard InChI is InChI=1S/C17H22N2/c1-11-7-14-13-5-4-6-15-17(13)12(10-19(15)3)8-16(14)18(2)9-11/h4-6,10-11,14,16H,7-9H2,1-3H3. The molecule has 100 valence electrons. The van der Waals surface area contributed by atoms with Gasteiger partial charge in [0.15, 0.2) is 0 Å². The second-order valence-electron chi connectivity index (χ2n) is 6.67. The summed E-state index contributed by atoms with van der Waals surface area (Å²) in [7, 11) is 4.48. The summed E-state index contributed by atoms with van der Waals surface area (Å²) in [6.07, 6.45) is 4.92. The molecule has 0 saturated carbocycles. The first-order valence-electron chi connectivity index (χ1n) is 7.42. The van der Waals surface area contributed by atoms with E-state index in [2.05, 4.69) is 54.9 Å². The molecule has 1 aromatic carbocycles. The smallest absolute Gasteiger partial charge is 0.0483 e. The van der Waals surface area contributed by atoms with E-state index >= 15 is 0 Å². The summed E-state index contributed by atoms with van der Waals surface area (Å²) in [4.78, 5) is 2.59. The van der Waals surface area contributed by atoms with Crippen LogP contribution in [0, 0.1) is 5.92 Å². The highest BCUT2D eigenvalue weighted by Gasteiger charge is 2.38. The third kappa shape index (κ3) is 1.53. The van der Waals surface area contributed by atoms with Crippen molar-refractivity contribution in [2.45, 2.75) is 31.7 Å². The Bertz CT molecular complexity index is 640. The number of hydrogen-bond acceptors (Lipinski definition) is 1. The number of hydrogen-bond donors (Lipinski definition) is 0. The van der Waals surface area contributed by atoms with Gasteiger partial charge in [0, 0.05) is 42.7 Å². The minimum absolute atomic E-state index is 0.705. The van der Waals surface area contributed by atoms with E-state index in [1.54, 1.807) is 16.5 Å². The Morgan fingerprint density at radius 3 is 2.89 bits per heavy atom. The second kappa shape index (κ2) is 3.86. The number of piperidine rings is 1. The van der Waals surface area contributed by atoms with Gasteiger partial charge in [-0.25, -0.2) is 0 Å². The van der Waals surface area contributed by atoms with E-state index in [4.69, 9.17) is 0 Å². The summed E-state index contributed by atoms with van der Waals surface area (Å²) < 4.78 is 2.30. The molecular weight excluding hydrogens is 232 g/mol. The van der Waals surface area contributed by atoms with Crippen molar-refractivity contribution in [3.05, 3.63) is 35.5 Å². The van der Waals surface area contributed by atoms with Crippen molar-refractivity contribution in [1.82, 2.24) is 9.47 Å². The highest BCUT2D eigenvalue weighted by atomic mass is 15.1. The zero-order valence-corrected chi connectivity index (χ0v) is 12.1. The molecule has 2 nitrogen and oxygen atoms in total. The molecule has 0 N–H and O–H groups in total. The van der Waals surface area contributed by atoms with Crippen molar-refractivity contribution in [2.24, 2.45) is 13.0 Å².